The standard InChI is InChI=1S/C11H16N2/c1-9-5-4-8-13-11(9)10-6-2-3-7-12-10/h4-5,8,10,12H,2-3,6-7H2,1H3/t10-/m1/s1. The van der Waals surface area contributed by atoms with Crippen molar-refractivity contribution in [3.63, 3.8) is 0 Å². The third-order valence-corrected chi connectivity index (χ3v) is 2.69. The van der Waals surface area contributed by atoms with Gasteiger partial charge in [0.25, 0.3) is 0 Å². The Hall–Kier alpha value is -0.890. The summed E-state index contributed by atoms with van der Waals surface area (Å²) in [6.45, 7) is 3.28. The van der Waals surface area contributed by atoms with Crippen molar-refractivity contribution in [2.24, 2.45) is 0 Å². The highest BCUT2D eigenvalue weighted by molar-refractivity contribution is 5.21. The van der Waals surface area contributed by atoms with Crippen molar-refractivity contribution in [1.82, 2.24) is 10.3 Å². The molecule has 1 atom stereocenters. The number of aromatic nitrogens is 1. The number of nitrogens with zero attached hydrogens (tertiary/aromatic N) is 1. The molecule has 1 aliphatic rings. The van der Waals surface area contributed by atoms with E-state index < -0.39 is 0 Å². The highest BCUT2D eigenvalue weighted by atomic mass is 14.9. The van der Waals surface area contributed by atoms with Gasteiger partial charge in [-0.05, 0) is 37.9 Å². The number of hydrogen-bond acceptors (Lipinski definition) is 2. The molecule has 1 fully saturated rings. The zero-order valence-corrected chi connectivity index (χ0v) is 8.09. The second-order valence-corrected chi connectivity index (χ2v) is 3.71. The van der Waals surface area contributed by atoms with E-state index in [0.717, 1.165) is 6.54 Å². The van der Waals surface area contributed by atoms with Crippen LogP contribution in [0.5, 0.6) is 0 Å². The van der Waals surface area contributed by atoms with E-state index >= 15 is 0 Å². The Labute approximate surface area is 79.4 Å². The first-order valence-corrected chi connectivity index (χ1v) is 5.03. The van der Waals surface area contributed by atoms with Gasteiger partial charge in [-0.15, -0.1) is 0 Å². The van der Waals surface area contributed by atoms with Gasteiger partial charge in [0, 0.05) is 12.2 Å². The molecule has 0 aromatic carbocycles. The Balaban J connectivity index is 2.18. The second-order valence-electron chi connectivity index (χ2n) is 3.71. The summed E-state index contributed by atoms with van der Waals surface area (Å²) >= 11 is 0. The Kier molecular flexibility index (Phi) is 2.60. The number of nitrogens with one attached hydrogen (secondary N) is 1. The quantitative estimate of drug-likeness (QED) is 0.709. The van der Waals surface area contributed by atoms with Gasteiger partial charge in [0.1, 0.15) is 0 Å². The lowest BCUT2D eigenvalue weighted by Crippen LogP contribution is -2.28. The third kappa shape index (κ3) is 1.89. The molecule has 0 saturated carbocycles. The smallest absolute Gasteiger partial charge is 0.0602 e. The number of piperidine rings is 1. The molecule has 1 aromatic rings. The molecular weight excluding hydrogens is 160 g/mol. The van der Waals surface area contributed by atoms with E-state index in [1.807, 2.05) is 12.3 Å². The fourth-order valence-electron chi connectivity index (χ4n) is 1.95. The maximum atomic E-state index is 4.44. The van der Waals surface area contributed by atoms with Gasteiger partial charge in [0.2, 0.25) is 0 Å². The van der Waals surface area contributed by atoms with E-state index in [1.165, 1.54) is 30.5 Å². The molecule has 1 aromatic heterocycles. The molecule has 2 heterocycles. The maximum Gasteiger partial charge on any atom is 0.0602 e. The number of rotatable bonds is 1. The van der Waals surface area contributed by atoms with Crippen LogP contribution in [0.3, 0.4) is 0 Å². The van der Waals surface area contributed by atoms with E-state index in [2.05, 4.69) is 23.3 Å². The van der Waals surface area contributed by atoms with Crippen molar-refractivity contribution in [2.75, 3.05) is 6.54 Å². The minimum Gasteiger partial charge on any atom is -0.309 e. The summed E-state index contributed by atoms with van der Waals surface area (Å²) in [6.07, 6.45) is 5.76. The van der Waals surface area contributed by atoms with Crippen molar-refractivity contribution in [3.8, 4) is 0 Å². The molecule has 0 bridgehead atoms. The van der Waals surface area contributed by atoms with Gasteiger partial charge in [-0.25, -0.2) is 0 Å². The largest absolute Gasteiger partial charge is 0.309 e. The van der Waals surface area contributed by atoms with Crippen LogP contribution in [0.4, 0.5) is 0 Å². The van der Waals surface area contributed by atoms with Gasteiger partial charge < -0.3 is 5.32 Å². The van der Waals surface area contributed by atoms with Crippen LogP contribution in [0.1, 0.15) is 36.6 Å². The first-order chi connectivity index (χ1) is 6.38. The second kappa shape index (κ2) is 3.88. The van der Waals surface area contributed by atoms with Gasteiger partial charge in [-0.3, -0.25) is 4.98 Å². The fourth-order valence-corrected chi connectivity index (χ4v) is 1.95. The molecule has 0 spiro atoms. The Morgan fingerprint density at radius 3 is 3.08 bits per heavy atom. The lowest BCUT2D eigenvalue weighted by atomic mass is 9.99. The minimum absolute atomic E-state index is 0.495. The number of aryl methyl sites for hydroxylation is 1. The van der Waals surface area contributed by atoms with Crippen LogP contribution < -0.4 is 5.32 Å². The maximum absolute atomic E-state index is 4.44. The van der Waals surface area contributed by atoms with Crippen molar-refractivity contribution in [1.29, 1.82) is 0 Å². The molecule has 0 aliphatic carbocycles. The fraction of sp³-hybridized carbons (Fsp3) is 0.545. The summed E-state index contributed by atoms with van der Waals surface area (Å²) in [7, 11) is 0. The van der Waals surface area contributed by atoms with Gasteiger partial charge in [-0.1, -0.05) is 12.5 Å². The summed E-state index contributed by atoms with van der Waals surface area (Å²) in [5.74, 6) is 0. The molecule has 0 unspecified atom stereocenters. The molecule has 1 aliphatic heterocycles. The van der Waals surface area contributed by atoms with Crippen LogP contribution in [0.15, 0.2) is 18.3 Å². The zero-order chi connectivity index (χ0) is 9.10. The van der Waals surface area contributed by atoms with E-state index in [4.69, 9.17) is 0 Å². The Morgan fingerprint density at radius 2 is 2.38 bits per heavy atom. The van der Waals surface area contributed by atoms with Gasteiger partial charge in [0.05, 0.1) is 5.69 Å². The van der Waals surface area contributed by atoms with E-state index in [-0.39, 0.29) is 0 Å². The summed E-state index contributed by atoms with van der Waals surface area (Å²) in [4.78, 5) is 4.44. The molecule has 0 amide bonds. The zero-order valence-electron chi connectivity index (χ0n) is 8.09. The van der Waals surface area contributed by atoms with Gasteiger partial charge >= 0.3 is 0 Å². The molecule has 0 radical (unpaired) electrons. The van der Waals surface area contributed by atoms with Crippen molar-refractivity contribution in [2.45, 2.75) is 32.2 Å². The summed E-state index contributed by atoms with van der Waals surface area (Å²) in [5.41, 5.74) is 2.55. The lowest BCUT2D eigenvalue weighted by molar-refractivity contribution is 0.404. The highest BCUT2D eigenvalue weighted by Crippen LogP contribution is 2.23. The topological polar surface area (TPSA) is 24.9 Å². The van der Waals surface area contributed by atoms with Crippen molar-refractivity contribution in [3.05, 3.63) is 29.6 Å². The SMILES string of the molecule is Cc1cccnc1[C@H]1CCCCN1. The Morgan fingerprint density at radius 1 is 1.46 bits per heavy atom. The first kappa shape index (κ1) is 8.70. The molecular formula is C11H16N2. The first-order valence-electron chi connectivity index (χ1n) is 5.03. The van der Waals surface area contributed by atoms with Crippen LogP contribution in [0, 0.1) is 6.92 Å². The average Bonchev–Trinajstić information content (AvgIpc) is 2.20. The molecule has 2 heteroatoms. The summed E-state index contributed by atoms with van der Waals surface area (Å²) < 4.78 is 0. The molecule has 2 nitrogen and oxygen atoms in total. The van der Waals surface area contributed by atoms with Gasteiger partial charge in [0.15, 0.2) is 0 Å². The van der Waals surface area contributed by atoms with Crippen molar-refractivity contribution >= 4 is 0 Å². The van der Waals surface area contributed by atoms with Crippen LogP contribution >= 0.6 is 0 Å². The average molecular weight is 176 g/mol. The third-order valence-electron chi connectivity index (χ3n) is 2.69. The van der Waals surface area contributed by atoms with Gasteiger partial charge in [-0.2, -0.15) is 0 Å². The molecule has 13 heavy (non-hydrogen) atoms. The molecule has 1 saturated heterocycles. The molecule has 70 valence electrons. The van der Waals surface area contributed by atoms with Crippen LogP contribution in [-0.2, 0) is 0 Å². The number of hydrogen-bond donors (Lipinski definition) is 1. The minimum atomic E-state index is 0.495. The van der Waals surface area contributed by atoms with Crippen molar-refractivity contribution < 1.29 is 0 Å². The van der Waals surface area contributed by atoms with E-state index in [9.17, 15) is 0 Å². The lowest BCUT2D eigenvalue weighted by Gasteiger charge is -2.23. The predicted molar refractivity (Wildman–Crippen MR) is 53.6 cm³/mol. The van der Waals surface area contributed by atoms with E-state index in [1.54, 1.807) is 0 Å². The predicted octanol–water partition coefficient (Wildman–Crippen LogP) is 2.20. The van der Waals surface area contributed by atoms with E-state index in [0.29, 0.717) is 6.04 Å². The number of pyridine rings is 1. The Bertz CT molecular complexity index is 277. The van der Waals surface area contributed by atoms with Crippen LogP contribution in [0.25, 0.3) is 0 Å². The summed E-state index contributed by atoms with van der Waals surface area (Å²) in [5, 5.41) is 3.51. The molecule has 2 rings (SSSR count). The van der Waals surface area contributed by atoms with Crippen LogP contribution in [0.2, 0.25) is 0 Å². The molecule has 1 N–H and O–H groups in total. The normalized spacial score (nSPS) is 23.0. The summed E-state index contributed by atoms with van der Waals surface area (Å²) in [6, 6.07) is 4.63. The van der Waals surface area contributed by atoms with Crippen LogP contribution in [-0.4, -0.2) is 11.5 Å². The monoisotopic (exact) mass is 176 g/mol. The highest BCUT2D eigenvalue weighted by Gasteiger charge is 2.16.